The molecule has 0 aromatic carbocycles. The largest absolute Gasteiger partial charge is 0.472 e. The summed E-state index contributed by atoms with van der Waals surface area (Å²) in [5.41, 5.74) is 0.911. The van der Waals surface area contributed by atoms with Crippen molar-refractivity contribution in [2.45, 2.75) is 24.8 Å². The summed E-state index contributed by atoms with van der Waals surface area (Å²) in [6.45, 7) is 2.71. The SMILES string of the molecule is CCC(=O)N1C(C(=O)NCCOC)CSC1c1ccoc1. The molecule has 1 fully saturated rings. The summed E-state index contributed by atoms with van der Waals surface area (Å²) in [6, 6.07) is 1.39. The van der Waals surface area contributed by atoms with Crippen molar-refractivity contribution in [1.29, 1.82) is 0 Å². The Bertz CT molecular complexity index is 477. The zero-order valence-electron chi connectivity index (χ0n) is 12.2. The Morgan fingerprint density at radius 3 is 3.00 bits per heavy atom. The molecule has 0 radical (unpaired) electrons. The van der Waals surface area contributed by atoms with Crippen LogP contribution < -0.4 is 5.32 Å². The summed E-state index contributed by atoms with van der Waals surface area (Å²) in [6.07, 6.45) is 3.58. The van der Waals surface area contributed by atoms with E-state index in [4.69, 9.17) is 9.15 Å². The molecule has 2 amide bonds. The maximum absolute atomic E-state index is 12.3. The van der Waals surface area contributed by atoms with E-state index in [1.165, 1.54) is 0 Å². The lowest BCUT2D eigenvalue weighted by Gasteiger charge is -2.28. The van der Waals surface area contributed by atoms with Gasteiger partial charge in [0, 0.05) is 31.4 Å². The Morgan fingerprint density at radius 1 is 1.57 bits per heavy atom. The molecule has 0 aliphatic carbocycles. The molecule has 116 valence electrons. The van der Waals surface area contributed by atoms with Crippen LogP contribution in [0.4, 0.5) is 0 Å². The number of amides is 2. The highest BCUT2D eigenvalue weighted by atomic mass is 32.2. The summed E-state index contributed by atoms with van der Waals surface area (Å²) < 4.78 is 10.0. The van der Waals surface area contributed by atoms with Gasteiger partial charge in [0.15, 0.2) is 0 Å². The van der Waals surface area contributed by atoms with Gasteiger partial charge < -0.3 is 19.4 Å². The van der Waals surface area contributed by atoms with Crippen molar-refractivity contribution >= 4 is 23.6 Å². The highest BCUT2D eigenvalue weighted by Gasteiger charge is 2.41. The summed E-state index contributed by atoms with van der Waals surface area (Å²) in [7, 11) is 1.58. The van der Waals surface area contributed by atoms with E-state index in [1.54, 1.807) is 43.2 Å². The first-order valence-corrected chi connectivity index (χ1v) is 7.95. The van der Waals surface area contributed by atoms with E-state index in [-0.39, 0.29) is 17.2 Å². The van der Waals surface area contributed by atoms with Gasteiger partial charge in [-0.15, -0.1) is 11.8 Å². The fourth-order valence-corrected chi connectivity index (χ4v) is 3.69. The third-order valence-electron chi connectivity index (χ3n) is 3.33. The second-order valence-corrected chi connectivity index (χ2v) is 5.81. The van der Waals surface area contributed by atoms with Crippen molar-refractivity contribution < 1.29 is 18.7 Å². The molecule has 2 atom stereocenters. The second-order valence-electron chi connectivity index (χ2n) is 4.70. The molecule has 1 aliphatic rings. The standard InChI is InChI=1S/C14H20N2O4S/c1-3-12(17)16-11(13(18)15-5-7-19-2)9-21-14(16)10-4-6-20-8-10/h4,6,8,11,14H,3,5,7,9H2,1-2H3,(H,15,18). The number of furan rings is 1. The molecule has 2 rings (SSSR count). The Balaban J connectivity index is 2.10. The van der Waals surface area contributed by atoms with Crippen molar-refractivity contribution in [3.05, 3.63) is 24.2 Å². The molecule has 1 aromatic rings. The molecule has 0 saturated carbocycles. The number of hydrogen-bond donors (Lipinski definition) is 1. The molecular formula is C14H20N2O4S. The lowest BCUT2D eigenvalue weighted by Crippen LogP contribution is -2.48. The molecular weight excluding hydrogens is 292 g/mol. The van der Waals surface area contributed by atoms with Crippen molar-refractivity contribution in [1.82, 2.24) is 10.2 Å². The third-order valence-corrected chi connectivity index (χ3v) is 4.65. The average molecular weight is 312 g/mol. The van der Waals surface area contributed by atoms with Crippen LogP contribution in [0.25, 0.3) is 0 Å². The van der Waals surface area contributed by atoms with E-state index >= 15 is 0 Å². The Kier molecular flexibility index (Phi) is 5.69. The van der Waals surface area contributed by atoms with E-state index < -0.39 is 6.04 Å². The van der Waals surface area contributed by atoms with Gasteiger partial charge in [0.1, 0.15) is 11.4 Å². The topological polar surface area (TPSA) is 71.8 Å². The van der Waals surface area contributed by atoms with Gasteiger partial charge in [0.05, 0.1) is 19.1 Å². The first kappa shape index (κ1) is 15.9. The van der Waals surface area contributed by atoms with E-state index in [0.717, 1.165) is 5.56 Å². The highest BCUT2D eigenvalue weighted by Crippen LogP contribution is 2.41. The number of thioether (sulfide) groups is 1. The van der Waals surface area contributed by atoms with Crippen molar-refractivity contribution in [3.63, 3.8) is 0 Å². The molecule has 1 N–H and O–H groups in total. The van der Waals surface area contributed by atoms with Gasteiger partial charge in [-0.2, -0.15) is 0 Å². The van der Waals surface area contributed by atoms with Crippen LogP contribution in [-0.2, 0) is 14.3 Å². The predicted octanol–water partition coefficient (Wildman–Crippen LogP) is 1.39. The molecule has 7 heteroatoms. The Hall–Kier alpha value is -1.47. The zero-order valence-corrected chi connectivity index (χ0v) is 13.0. The fourth-order valence-electron chi connectivity index (χ4n) is 2.26. The van der Waals surface area contributed by atoms with Crippen molar-refractivity contribution in [3.8, 4) is 0 Å². The summed E-state index contributed by atoms with van der Waals surface area (Å²) in [4.78, 5) is 26.2. The first-order chi connectivity index (χ1) is 10.2. The molecule has 0 bridgehead atoms. The highest BCUT2D eigenvalue weighted by molar-refractivity contribution is 7.99. The Labute approximate surface area is 128 Å². The van der Waals surface area contributed by atoms with Crippen LogP contribution in [0.1, 0.15) is 24.3 Å². The van der Waals surface area contributed by atoms with E-state index in [2.05, 4.69) is 5.32 Å². The van der Waals surface area contributed by atoms with Gasteiger partial charge in [0.2, 0.25) is 11.8 Å². The summed E-state index contributed by atoms with van der Waals surface area (Å²) >= 11 is 1.58. The maximum Gasteiger partial charge on any atom is 0.243 e. The molecule has 2 heterocycles. The molecule has 1 aromatic heterocycles. The lowest BCUT2D eigenvalue weighted by molar-refractivity contribution is -0.139. The minimum Gasteiger partial charge on any atom is -0.472 e. The zero-order chi connectivity index (χ0) is 15.2. The van der Waals surface area contributed by atoms with Crippen LogP contribution in [0.15, 0.2) is 23.0 Å². The summed E-state index contributed by atoms with van der Waals surface area (Å²) in [5.74, 6) is 0.422. The number of ether oxygens (including phenoxy) is 1. The van der Waals surface area contributed by atoms with Crippen molar-refractivity contribution in [2.75, 3.05) is 26.0 Å². The number of hydrogen-bond acceptors (Lipinski definition) is 5. The van der Waals surface area contributed by atoms with Gasteiger partial charge in [-0.25, -0.2) is 0 Å². The van der Waals surface area contributed by atoms with Crippen LogP contribution in [-0.4, -0.2) is 48.8 Å². The predicted molar refractivity (Wildman–Crippen MR) is 79.7 cm³/mol. The second kappa shape index (κ2) is 7.51. The van der Waals surface area contributed by atoms with Gasteiger partial charge >= 0.3 is 0 Å². The summed E-state index contributed by atoms with van der Waals surface area (Å²) in [5, 5.41) is 2.65. The maximum atomic E-state index is 12.3. The Morgan fingerprint density at radius 2 is 2.38 bits per heavy atom. The van der Waals surface area contributed by atoms with Gasteiger partial charge in [-0.1, -0.05) is 6.92 Å². The van der Waals surface area contributed by atoms with E-state index in [0.29, 0.717) is 25.3 Å². The van der Waals surface area contributed by atoms with Crippen LogP contribution in [0.3, 0.4) is 0 Å². The average Bonchev–Trinajstić information content (AvgIpc) is 3.15. The minimum absolute atomic E-state index is 0.0295. The normalized spacial score (nSPS) is 21.5. The smallest absolute Gasteiger partial charge is 0.243 e. The molecule has 2 unspecified atom stereocenters. The number of rotatable bonds is 6. The van der Waals surface area contributed by atoms with Crippen LogP contribution in [0.2, 0.25) is 0 Å². The van der Waals surface area contributed by atoms with E-state index in [1.807, 2.05) is 6.07 Å². The lowest BCUT2D eigenvalue weighted by atomic mass is 10.2. The van der Waals surface area contributed by atoms with Crippen molar-refractivity contribution in [2.24, 2.45) is 0 Å². The minimum atomic E-state index is -0.445. The number of nitrogens with one attached hydrogen (secondary N) is 1. The quantitative estimate of drug-likeness (QED) is 0.804. The number of carbonyl (C=O) groups is 2. The monoisotopic (exact) mass is 312 g/mol. The molecule has 1 aliphatic heterocycles. The molecule has 21 heavy (non-hydrogen) atoms. The van der Waals surface area contributed by atoms with E-state index in [9.17, 15) is 9.59 Å². The fraction of sp³-hybridized carbons (Fsp3) is 0.571. The number of methoxy groups -OCH3 is 1. The molecule has 0 spiro atoms. The number of carbonyl (C=O) groups excluding carboxylic acids is 2. The number of nitrogens with zero attached hydrogens (tertiary/aromatic N) is 1. The first-order valence-electron chi connectivity index (χ1n) is 6.90. The van der Waals surface area contributed by atoms with Crippen LogP contribution in [0.5, 0.6) is 0 Å². The van der Waals surface area contributed by atoms with Crippen LogP contribution >= 0.6 is 11.8 Å². The van der Waals surface area contributed by atoms with Gasteiger partial charge in [0.25, 0.3) is 0 Å². The third kappa shape index (κ3) is 3.59. The molecule has 1 saturated heterocycles. The van der Waals surface area contributed by atoms with Gasteiger partial charge in [-0.05, 0) is 6.07 Å². The van der Waals surface area contributed by atoms with Gasteiger partial charge in [-0.3, -0.25) is 9.59 Å². The van der Waals surface area contributed by atoms with Crippen LogP contribution in [0, 0.1) is 0 Å². The molecule has 6 nitrogen and oxygen atoms in total.